The van der Waals surface area contributed by atoms with E-state index in [1.807, 2.05) is 0 Å². The van der Waals surface area contributed by atoms with E-state index in [1.165, 1.54) is 55.3 Å². The normalized spacial score (nSPS) is 11.7. The van der Waals surface area contributed by atoms with Gasteiger partial charge in [-0.05, 0) is 99.2 Å². The molecule has 0 bridgehead atoms. The molecule has 0 spiro atoms. The Morgan fingerprint density at radius 3 is 1.27 bits per heavy atom. The van der Waals surface area contributed by atoms with Crippen LogP contribution in [0, 0.1) is 41.5 Å². The van der Waals surface area contributed by atoms with Gasteiger partial charge in [0.15, 0.2) is 0 Å². The van der Waals surface area contributed by atoms with Gasteiger partial charge >= 0.3 is 0 Å². The lowest BCUT2D eigenvalue weighted by molar-refractivity contribution is 0.647. The van der Waals surface area contributed by atoms with Gasteiger partial charge in [0.1, 0.15) is 0 Å². The Bertz CT molecular complexity index is 1740. The second kappa shape index (κ2) is 10.4. The molecule has 0 N–H and O–H groups in total. The van der Waals surface area contributed by atoms with Crippen molar-refractivity contribution in [1.29, 1.82) is 0 Å². The molecule has 0 aliphatic rings. The minimum absolute atomic E-state index is 0.0425. The van der Waals surface area contributed by atoms with Crippen molar-refractivity contribution in [2.45, 2.75) is 53.4 Å². The number of aromatic nitrogens is 2. The van der Waals surface area contributed by atoms with Crippen molar-refractivity contribution in [3.8, 4) is 0 Å². The number of nitrogens with zero attached hydrogens (tertiary/aromatic N) is 2. The van der Waals surface area contributed by atoms with E-state index in [9.17, 15) is 0 Å². The Morgan fingerprint density at radius 1 is 0.425 bits per heavy atom. The van der Waals surface area contributed by atoms with E-state index in [0.717, 1.165) is 22.4 Å². The van der Waals surface area contributed by atoms with E-state index in [1.54, 1.807) is 0 Å². The number of fused-ring (bicyclic) bond motifs is 2. The SMILES string of the molecule is Cc1ccc(C(c2ccc(C)cc2C)C(c2nc3ccccc3cc2C)c2nc3ccccc3cc2C)c(C)c1. The third-order valence-electron chi connectivity index (χ3n) is 8.35. The molecule has 4 aromatic carbocycles. The molecule has 40 heavy (non-hydrogen) atoms. The fourth-order valence-electron chi connectivity index (χ4n) is 6.42. The standard InChI is InChI=1S/C38H36N2/c1-23-15-17-31(25(3)19-23)35(32-18-16-24(2)20-26(32)4)36(37-27(5)21-29-11-7-9-13-33(29)39-37)38-28(6)22-30-12-8-10-14-34(30)40-38/h7-22,35-36H,1-6H3. The van der Waals surface area contributed by atoms with Gasteiger partial charge in [0.05, 0.1) is 28.3 Å². The maximum atomic E-state index is 5.40. The van der Waals surface area contributed by atoms with E-state index in [0.29, 0.717) is 0 Å². The summed E-state index contributed by atoms with van der Waals surface area (Å²) in [5, 5.41) is 2.33. The van der Waals surface area contributed by atoms with Gasteiger partial charge in [-0.3, -0.25) is 9.97 Å². The lowest BCUT2D eigenvalue weighted by Gasteiger charge is -2.32. The van der Waals surface area contributed by atoms with E-state index in [2.05, 4.69) is 139 Å². The lowest BCUT2D eigenvalue weighted by atomic mass is 9.72. The maximum Gasteiger partial charge on any atom is 0.0705 e. The summed E-state index contributed by atoms with van der Waals surface area (Å²) in [4.78, 5) is 10.8. The highest BCUT2D eigenvalue weighted by Crippen LogP contribution is 2.46. The number of benzene rings is 4. The summed E-state index contributed by atoms with van der Waals surface area (Å²) >= 11 is 0. The van der Waals surface area contributed by atoms with Crippen LogP contribution in [0.5, 0.6) is 0 Å². The number of hydrogen-bond donors (Lipinski definition) is 0. The molecule has 0 fully saturated rings. The summed E-state index contributed by atoms with van der Waals surface area (Å²) in [5.74, 6) is -0.0297. The largest absolute Gasteiger partial charge is 0.252 e. The highest BCUT2D eigenvalue weighted by Gasteiger charge is 2.34. The van der Waals surface area contributed by atoms with Crippen LogP contribution >= 0.6 is 0 Å². The van der Waals surface area contributed by atoms with Crippen LogP contribution in [-0.4, -0.2) is 9.97 Å². The first-order valence-electron chi connectivity index (χ1n) is 14.2. The third-order valence-corrected chi connectivity index (χ3v) is 8.35. The van der Waals surface area contributed by atoms with Crippen molar-refractivity contribution < 1.29 is 0 Å². The van der Waals surface area contributed by atoms with Gasteiger partial charge in [-0.2, -0.15) is 0 Å². The molecule has 0 saturated carbocycles. The number of aryl methyl sites for hydroxylation is 6. The highest BCUT2D eigenvalue weighted by molar-refractivity contribution is 5.81. The average Bonchev–Trinajstić information content (AvgIpc) is 2.92. The third kappa shape index (κ3) is 4.69. The molecule has 0 atom stereocenters. The van der Waals surface area contributed by atoms with E-state index >= 15 is 0 Å². The highest BCUT2D eigenvalue weighted by atomic mass is 14.8. The molecule has 0 amide bonds. The van der Waals surface area contributed by atoms with Gasteiger partial charge in [0.2, 0.25) is 0 Å². The number of hydrogen-bond acceptors (Lipinski definition) is 2. The van der Waals surface area contributed by atoms with Crippen molar-refractivity contribution in [2.75, 3.05) is 0 Å². The average molecular weight is 521 g/mol. The fraction of sp³-hybridized carbons (Fsp3) is 0.211. The zero-order valence-corrected chi connectivity index (χ0v) is 24.3. The summed E-state index contributed by atoms with van der Waals surface area (Å²) in [5.41, 5.74) is 14.4. The first-order chi connectivity index (χ1) is 19.3. The molecule has 0 aliphatic heterocycles. The van der Waals surface area contributed by atoms with Crippen LogP contribution in [0.1, 0.15) is 67.7 Å². The maximum absolute atomic E-state index is 5.40. The zero-order valence-electron chi connectivity index (χ0n) is 24.3. The minimum Gasteiger partial charge on any atom is -0.252 e. The van der Waals surface area contributed by atoms with Crippen LogP contribution in [0.3, 0.4) is 0 Å². The molecule has 0 saturated heterocycles. The molecule has 6 aromatic rings. The Labute approximate surface area is 237 Å². The molecule has 0 aliphatic carbocycles. The monoisotopic (exact) mass is 520 g/mol. The van der Waals surface area contributed by atoms with Crippen LogP contribution in [0.4, 0.5) is 0 Å². The van der Waals surface area contributed by atoms with Crippen LogP contribution in [-0.2, 0) is 0 Å². The van der Waals surface area contributed by atoms with Crippen molar-refractivity contribution in [3.05, 3.63) is 153 Å². The Morgan fingerprint density at radius 2 is 0.850 bits per heavy atom. The summed E-state index contributed by atoms with van der Waals surface area (Å²) < 4.78 is 0. The number of pyridine rings is 2. The second-order valence-electron chi connectivity index (χ2n) is 11.4. The van der Waals surface area contributed by atoms with Crippen molar-refractivity contribution in [1.82, 2.24) is 9.97 Å². The van der Waals surface area contributed by atoms with Crippen LogP contribution < -0.4 is 0 Å². The molecule has 2 heteroatoms. The van der Waals surface area contributed by atoms with Crippen molar-refractivity contribution >= 4 is 21.8 Å². The minimum atomic E-state index is -0.0722. The van der Waals surface area contributed by atoms with Gasteiger partial charge in [-0.25, -0.2) is 0 Å². The van der Waals surface area contributed by atoms with Gasteiger partial charge in [-0.15, -0.1) is 0 Å². The Hall–Kier alpha value is -4.30. The second-order valence-corrected chi connectivity index (χ2v) is 11.4. The Balaban J connectivity index is 1.73. The lowest BCUT2D eigenvalue weighted by Crippen LogP contribution is -2.21. The topological polar surface area (TPSA) is 25.8 Å². The summed E-state index contributed by atoms with van der Waals surface area (Å²) in [6.07, 6.45) is 0. The van der Waals surface area contributed by atoms with Gasteiger partial charge in [-0.1, -0.05) is 83.9 Å². The van der Waals surface area contributed by atoms with Gasteiger partial charge in [0, 0.05) is 16.7 Å². The smallest absolute Gasteiger partial charge is 0.0705 e. The summed E-state index contributed by atoms with van der Waals surface area (Å²) in [6.45, 7) is 13.3. The molecular formula is C38H36N2. The molecule has 2 aromatic heterocycles. The van der Waals surface area contributed by atoms with E-state index in [-0.39, 0.29) is 11.8 Å². The molecule has 6 rings (SSSR count). The molecular weight excluding hydrogens is 484 g/mol. The van der Waals surface area contributed by atoms with Crippen LogP contribution in [0.2, 0.25) is 0 Å². The Kier molecular flexibility index (Phi) is 6.72. The molecule has 0 radical (unpaired) electrons. The van der Waals surface area contributed by atoms with Crippen LogP contribution in [0.25, 0.3) is 21.8 Å². The molecule has 2 heterocycles. The quantitative estimate of drug-likeness (QED) is 0.226. The predicted octanol–water partition coefficient (Wildman–Crippen LogP) is 9.60. The molecule has 2 nitrogen and oxygen atoms in total. The van der Waals surface area contributed by atoms with Crippen molar-refractivity contribution in [3.63, 3.8) is 0 Å². The first kappa shape index (κ1) is 26.0. The van der Waals surface area contributed by atoms with Crippen molar-refractivity contribution in [2.24, 2.45) is 0 Å². The summed E-state index contributed by atoms with van der Waals surface area (Å²) in [6, 6.07) is 35.2. The predicted molar refractivity (Wildman–Crippen MR) is 168 cm³/mol. The van der Waals surface area contributed by atoms with E-state index < -0.39 is 0 Å². The number of para-hydroxylation sites is 2. The first-order valence-corrected chi connectivity index (χ1v) is 14.2. The van der Waals surface area contributed by atoms with Gasteiger partial charge in [0.25, 0.3) is 0 Å². The van der Waals surface area contributed by atoms with Crippen LogP contribution in [0.15, 0.2) is 97.1 Å². The summed E-state index contributed by atoms with van der Waals surface area (Å²) in [7, 11) is 0. The molecule has 0 unspecified atom stereocenters. The van der Waals surface area contributed by atoms with E-state index in [4.69, 9.17) is 9.97 Å². The number of rotatable bonds is 5. The molecule has 198 valence electrons. The zero-order chi connectivity index (χ0) is 28.0. The van der Waals surface area contributed by atoms with Gasteiger partial charge < -0.3 is 0 Å². The fourth-order valence-corrected chi connectivity index (χ4v) is 6.42.